The summed E-state index contributed by atoms with van der Waals surface area (Å²) in [5, 5.41) is 8.38. The highest BCUT2D eigenvalue weighted by molar-refractivity contribution is 5.94. The number of hydrogen-bond donors (Lipinski definition) is 3. The minimum atomic E-state index is -0.541. The minimum absolute atomic E-state index is 0.0311. The molecule has 7 heteroatoms. The van der Waals surface area contributed by atoms with E-state index in [0.717, 1.165) is 18.4 Å². The summed E-state index contributed by atoms with van der Waals surface area (Å²) in [6, 6.07) is 6.84. The molecule has 0 saturated carbocycles. The molecule has 2 rings (SSSR count). The zero-order valence-corrected chi connectivity index (χ0v) is 15.6. The highest BCUT2D eigenvalue weighted by Crippen LogP contribution is 2.10. The van der Waals surface area contributed by atoms with Gasteiger partial charge in [0.05, 0.1) is 0 Å². The summed E-state index contributed by atoms with van der Waals surface area (Å²) in [7, 11) is 0. The maximum atomic E-state index is 12.3. The van der Waals surface area contributed by atoms with Crippen molar-refractivity contribution in [3.05, 3.63) is 35.4 Å². The maximum absolute atomic E-state index is 12.3. The molecule has 142 valence electrons. The molecule has 1 unspecified atom stereocenters. The molecule has 1 aromatic rings. The van der Waals surface area contributed by atoms with Crippen molar-refractivity contribution >= 4 is 17.9 Å². The van der Waals surface area contributed by atoms with Gasteiger partial charge in [-0.3, -0.25) is 9.59 Å². The van der Waals surface area contributed by atoms with Crippen LogP contribution in [-0.4, -0.2) is 36.1 Å². The lowest BCUT2D eigenvalue weighted by molar-refractivity contribution is -0.121. The molecule has 1 heterocycles. The predicted octanol–water partition coefficient (Wildman–Crippen LogP) is 2.11. The monoisotopic (exact) mass is 361 g/mol. The van der Waals surface area contributed by atoms with Crippen LogP contribution < -0.4 is 16.0 Å². The van der Waals surface area contributed by atoms with E-state index in [0.29, 0.717) is 25.1 Å². The summed E-state index contributed by atoms with van der Waals surface area (Å²) in [5.74, 6) is -0.229. The van der Waals surface area contributed by atoms with E-state index in [1.165, 1.54) is 0 Å². The molecule has 1 atom stereocenters. The summed E-state index contributed by atoms with van der Waals surface area (Å²) >= 11 is 0. The largest absolute Gasteiger partial charge is 0.444 e. The molecule has 0 aromatic heterocycles. The smallest absolute Gasteiger partial charge is 0.407 e. The van der Waals surface area contributed by atoms with E-state index in [1.54, 1.807) is 45.0 Å². The number of amides is 3. The molecule has 0 aliphatic carbocycles. The van der Waals surface area contributed by atoms with Crippen molar-refractivity contribution in [2.45, 2.75) is 58.2 Å². The van der Waals surface area contributed by atoms with Crippen LogP contribution in [0.3, 0.4) is 0 Å². The van der Waals surface area contributed by atoms with Crippen LogP contribution in [0.2, 0.25) is 0 Å². The van der Waals surface area contributed by atoms with Gasteiger partial charge in [0.1, 0.15) is 5.60 Å². The van der Waals surface area contributed by atoms with Crippen LogP contribution in [-0.2, 0) is 16.1 Å². The van der Waals surface area contributed by atoms with Crippen LogP contribution in [0.4, 0.5) is 4.79 Å². The molecule has 3 N–H and O–H groups in total. The van der Waals surface area contributed by atoms with Gasteiger partial charge in [0.15, 0.2) is 0 Å². The Balaban J connectivity index is 1.85. The van der Waals surface area contributed by atoms with E-state index in [2.05, 4.69) is 16.0 Å². The van der Waals surface area contributed by atoms with Crippen LogP contribution in [0.25, 0.3) is 0 Å². The number of carbonyl (C=O) groups is 3. The molecule has 1 aromatic carbocycles. The topological polar surface area (TPSA) is 96.5 Å². The molecular weight excluding hydrogens is 334 g/mol. The normalized spacial score (nSPS) is 17.7. The summed E-state index contributed by atoms with van der Waals surface area (Å²) in [5.41, 5.74) is 0.845. The average Bonchev–Trinajstić information content (AvgIpc) is 2.75. The van der Waals surface area contributed by atoms with Crippen molar-refractivity contribution in [2.24, 2.45) is 0 Å². The quantitative estimate of drug-likeness (QED) is 0.765. The lowest BCUT2D eigenvalue weighted by atomic mass is 10.1. The highest BCUT2D eigenvalue weighted by Gasteiger charge is 2.20. The number of rotatable bonds is 4. The third kappa shape index (κ3) is 6.74. The fourth-order valence-electron chi connectivity index (χ4n) is 2.63. The lowest BCUT2D eigenvalue weighted by Gasteiger charge is -2.19. The number of alkyl carbamates (subject to hydrolysis) is 1. The average molecular weight is 361 g/mol. The van der Waals surface area contributed by atoms with Gasteiger partial charge in [0.25, 0.3) is 5.91 Å². The minimum Gasteiger partial charge on any atom is -0.444 e. The number of ether oxygens (including phenoxy) is 1. The van der Waals surface area contributed by atoms with Crippen molar-refractivity contribution in [1.29, 1.82) is 0 Å². The van der Waals surface area contributed by atoms with E-state index in [-0.39, 0.29) is 17.9 Å². The summed E-state index contributed by atoms with van der Waals surface area (Å²) in [6.45, 7) is 6.39. The van der Waals surface area contributed by atoms with Gasteiger partial charge in [0, 0.05) is 31.1 Å². The molecule has 0 spiro atoms. The SMILES string of the molecule is CC(C)(C)OC(=O)NCc1ccc(C(=O)NC2CCCNC(=O)C2)cc1. The van der Waals surface area contributed by atoms with Crippen molar-refractivity contribution in [3.63, 3.8) is 0 Å². The van der Waals surface area contributed by atoms with E-state index >= 15 is 0 Å². The molecule has 0 bridgehead atoms. The second kappa shape index (κ2) is 8.69. The van der Waals surface area contributed by atoms with Crippen LogP contribution in [0.5, 0.6) is 0 Å². The molecule has 1 fully saturated rings. The van der Waals surface area contributed by atoms with Gasteiger partial charge in [-0.1, -0.05) is 12.1 Å². The van der Waals surface area contributed by atoms with Crippen LogP contribution in [0.15, 0.2) is 24.3 Å². The van der Waals surface area contributed by atoms with Gasteiger partial charge in [0.2, 0.25) is 5.91 Å². The molecule has 1 aliphatic rings. The van der Waals surface area contributed by atoms with E-state index < -0.39 is 11.7 Å². The van der Waals surface area contributed by atoms with Crippen LogP contribution >= 0.6 is 0 Å². The van der Waals surface area contributed by atoms with E-state index in [4.69, 9.17) is 4.74 Å². The fourth-order valence-corrected chi connectivity index (χ4v) is 2.63. The zero-order chi connectivity index (χ0) is 19.2. The van der Waals surface area contributed by atoms with Gasteiger partial charge >= 0.3 is 6.09 Å². The third-order valence-corrected chi connectivity index (χ3v) is 3.87. The summed E-state index contributed by atoms with van der Waals surface area (Å²) in [4.78, 5) is 35.5. The Morgan fingerprint density at radius 2 is 1.92 bits per heavy atom. The number of hydrogen-bond acceptors (Lipinski definition) is 4. The Hall–Kier alpha value is -2.57. The maximum Gasteiger partial charge on any atom is 0.407 e. The molecule has 26 heavy (non-hydrogen) atoms. The molecule has 3 amide bonds. The van der Waals surface area contributed by atoms with Crippen molar-refractivity contribution in [1.82, 2.24) is 16.0 Å². The lowest BCUT2D eigenvalue weighted by Crippen LogP contribution is -2.36. The molecule has 1 aliphatic heterocycles. The fraction of sp³-hybridized carbons (Fsp3) is 0.526. The number of benzene rings is 1. The molecule has 0 radical (unpaired) electrons. The van der Waals surface area contributed by atoms with E-state index in [9.17, 15) is 14.4 Å². The Kier molecular flexibility index (Phi) is 6.60. The highest BCUT2D eigenvalue weighted by atomic mass is 16.6. The Morgan fingerprint density at radius 3 is 2.58 bits per heavy atom. The molecule has 1 saturated heterocycles. The first-order valence-corrected chi connectivity index (χ1v) is 8.86. The number of nitrogens with one attached hydrogen (secondary N) is 3. The van der Waals surface area contributed by atoms with Gasteiger partial charge in [-0.15, -0.1) is 0 Å². The van der Waals surface area contributed by atoms with Gasteiger partial charge in [-0.05, 0) is 51.3 Å². The van der Waals surface area contributed by atoms with Crippen LogP contribution in [0, 0.1) is 0 Å². The summed E-state index contributed by atoms with van der Waals surface area (Å²) in [6.07, 6.45) is 1.46. The third-order valence-electron chi connectivity index (χ3n) is 3.87. The first-order valence-electron chi connectivity index (χ1n) is 8.86. The van der Waals surface area contributed by atoms with Gasteiger partial charge < -0.3 is 20.7 Å². The van der Waals surface area contributed by atoms with Gasteiger partial charge in [-0.2, -0.15) is 0 Å². The predicted molar refractivity (Wildman–Crippen MR) is 97.6 cm³/mol. The zero-order valence-electron chi connectivity index (χ0n) is 15.6. The van der Waals surface area contributed by atoms with E-state index in [1.807, 2.05) is 0 Å². The standard InChI is InChI=1S/C19H27N3O4/c1-19(2,3)26-18(25)21-12-13-6-8-14(9-7-13)17(24)22-15-5-4-10-20-16(23)11-15/h6-9,15H,4-5,10-12H2,1-3H3,(H,20,23)(H,21,25)(H,22,24). The first kappa shape index (κ1) is 19.8. The molecule has 7 nitrogen and oxygen atoms in total. The summed E-state index contributed by atoms with van der Waals surface area (Å²) < 4.78 is 5.18. The molecular formula is C19H27N3O4. The Labute approximate surface area is 153 Å². The van der Waals surface area contributed by atoms with Crippen molar-refractivity contribution in [2.75, 3.05) is 6.54 Å². The Bertz CT molecular complexity index is 650. The van der Waals surface area contributed by atoms with Crippen LogP contribution in [0.1, 0.15) is 56.0 Å². The van der Waals surface area contributed by atoms with Gasteiger partial charge in [-0.25, -0.2) is 4.79 Å². The Morgan fingerprint density at radius 1 is 1.23 bits per heavy atom. The second-order valence-electron chi connectivity index (χ2n) is 7.42. The number of carbonyl (C=O) groups excluding carboxylic acids is 3. The first-order chi connectivity index (χ1) is 12.2. The second-order valence-corrected chi connectivity index (χ2v) is 7.42. The van der Waals surface area contributed by atoms with Crippen molar-refractivity contribution in [3.8, 4) is 0 Å². The van der Waals surface area contributed by atoms with Crippen molar-refractivity contribution < 1.29 is 19.1 Å².